The minimum Gasteiger partial charge on any atom is -0.399 e. The lowest BCUT2D eigenvalue weighted by molar-refractivity contribution is -0.0474. The molecule has 0 radical (unpaired) electrons. The maximum atomic E-state index is 6.26. The molecular formula is C17H26BrNO. The van der Waals surface area contributed by atoms with Gasteiger partial charge in [-0.05, 0) is 48.3 Å². The minimum absolute atomic E-state index is 0.392. The maximum Gasteiger partial charge on any atom is 0.0731 e. The quantitative estimate of drug-likeness (QED) is 0.782. The van der Waals surface area contributed by atoms with E-state index in [1.54, 1.807) is 0 Å². The summed E-state index contributed by atoms with van der Waals surface area (Å²) in [6.07, 6.45) is 4.22. The topological polar surface area (TPSA) is 35.2 Å². The van der Waals surface area contributed by atoms with Crippen LogP contribution in [0.1, 0.15) is 45.6 Å². The molecule has 0 saturated heterocycles. The lowest BCUT2D eigenvalue weighted by Gasteiger charge is -2.37. The SMILES string of the molecule is CC1CCC(C(C)C)C(OCc2ccc(N)cc2Br)C1. The average molecular weight is 340 g/mol. The molecule has 2 N–H and O–H groups in total. The van der Waals surface area contributed by atoms with Gasteiger partial charge in [-0.2, -0.15) is 0 Å². The number of hydrogen-bond donors (Lipinski definition) is 1. The number of benzene rings is 1. The molecule has 1 aromatic carbocycles. The van der Waals surface area contributed by atoms with Gasteiger partial charge in [0.05, 0.1) is 12.7 Å². The molecule has 2 nitrogen and oxygen atoms in total. The summed E-state index contributed by atoms with van der Waals surface area (Å²) in [6.45, 7) is 7.64. The first-order valence-corrected chi connectivity index (χ1v) is 8.42. The van der Waals surface area contributed by atoms with Crippen molar-refractivity contribution in [2.45, 2.75) is 52.7 Å². The first-order chi connectivity index (χ1) is 9.47. The van der Waals surface area contributed by atoms with Crippen LogP contribution in [0.4, 0.5) is 5.69 Å². The minimum atomic E-state index is 0.392. The van der Waals surface area contributed by atoms with Crippen LogP contribution in [0, 0.1) is 17.8 Å². The van der Waals surface area contributed by atoms with Gasteiger partial charge >= 0.3 is 0 Å². The Balaban J connectivity index is 2.00. The molecule has 3 unspecified atom stereocenters. The van der Waals surface area contributed by atoms with Crippen LogP contribution in [0.2, 0.25) is 0 Å². The van der Waals surface area contributed by atoms with Gasteiger partial charge in [-0.25, -0.2) is 0 Å². The molecule has 2 rings (SSSR count). The predicted molar refractivity (Wildman–Crippen MR) is 88.5 cm³/mol. The summed E-state index contributed by atoms with van der Waals surface area (Å²) in [7, 11) is 0. The Kier molecular flexibility index (Phi) is 5.50. The maximum absolute atomic E-state index is 6.26. The van der Waals surface area contributed by atoms with E-state index in [0.717, 1.165) is 16.1 Å². The molecule has 1 aliphatic rings. The van der Waals surface area contributed by atoms with Crippen molar-refractivity contribution >= 4 is 21.6 Å². The van der Waals surface area contributed by atoms with Gasteiger partial charge in [0.15, 0.2) is 0 Å². The largest absolute Gasteiger partial charge is 0.399 e. The molecule has 0 spiro atoms. The third-order valence-electron chi connectivity index (χ3n) is 4.49. The molecule has 112 valence electrons. The van der Waals surface area contributed by atoms with Crippen LogP contribution in [-0.2, 0) is 11.3 Å². The van der Waals surface area contributed by atoms with Crippen LogP contribution in [0.5, 0.6) is 0 Å². The Hall–Kier alpha value is -0.540. The van der Waals surface area contributed by atoms with Crippen molar-refractivity contribution in [3.8, 4) is 0 Å². The summed E-state index contributed by atoms with van der Waals surface area (Å²) in [5, 5.41) is 0. The summed E-state index contributed by atoms with van der Waals surface area (Å²) in [6, 6.07) is 5.94. The number of ether oxygens (including phenoxy) is 1. The Bertz CT molecular complexity index is 447. The van der Waals surface area contributed by atoms with Crippen LogP contribution in [0.15, 0.2) is 22.7 Å². The van der Waals surface area contributed by atoms with Gasteiger partial charge in [-0.15, -0.1) is 0 Å². The fraction of sp³-hybridized carbons (Fsp3) is 0.647. The van der Waals surface area contributed by atoms with E-state index in [1.807, 2.05) is 12.1 Å². The van der Waals surface area contributed by atoms with Gasteiger partial charge in [0.2, 0.25) is 0 Å². The fourth-order valence-electron chi connectivity index (χ4n) is 3.18. The number of nitrogens with two attached hydrogens (primary N) is 1. The van der Waals surface area contributed by atoms with Gasteiger partial charge in [-0.1, -0.05) is 49.2 Å². The first kappa shape index (κ1) is 15.8. The van der Waals surface area contributed by atoms with Gasteiger partial charge in [0, 0.05) is 10.2 Å². The summed E-state index contributed by atoms with van der Waals surface area (Å²) in [4.78, 5) is 0. The molecule has 20 heavy (non-hydrogen) atoms. The molecule has 1 aliphatic carbocycles. The van der Waals surface area contributed by atoms with Crippen LogP contribution < -0.4 is 5.73 Å². The van der Waals surface area contributed by atoms with Crippen LogP contribution in [0.25, 0.3) is 0 Å². The van der Waals surface area contributed by atoms with Crippen molar-refractivity contribution in [1.29, 1.82) is 0 Å². The Morgan fingerprint density at radius 2 is 2.10 bits per heavy atom. The van der Waals surface area contributed by atoms with Gasteiger partial charge < -0.3 is 10.5 Å². The third kappa shape index (κ3) is 3.98. The molecule has 1 saturated carbocycles. The molecule has 0 amide bonds. The Morgan fingerprint density at radius 1 is 1.35 bits per heavy atom. The first-order valence-electron chi connectivity index (χ1n) is 7.63. The highest BCUT2D eigenvalue weighted by Crippen LogP contribution is 2.36. The zero-order valence-electron chi connectivity index (χ0n) is 12.7. The van der Waals surface area contributed by atoms with Crippen molar-refractivity contribution in [3.63, 3.8) is 0 Å². The smallest absolute Gasteiger partial charge is 0.0731 e. The fourth-order valence-corrected chi connectivity index (χ4v) is 3.69. The number of hydrogen-bond acceptors (Lipinski definition) is 2. The Labute approximate surface area is 131 Å². The molecule has 0 aliphatic heterocycles. The highest BCUT2D eigenvalue weighted by molar-refractivity contribution is 9.10. The van der Waals surface area contributed by atoms with Crippen molar-refractivity contribution in [2.24, 2.45) is 17.8 Å². The lowest BCUT2D eigenvalue weighted by Crippen LogP contribution is -2.34. The zero-order valence-corrected chi connectivity index (χ0v) is 14.3. The van der Waals surface area contributed by atoms with Crippen molar-refractivity contribution in [3.05, 3.63) is 28.2 Å². The summed E-state index contributed by atoms with van der Waals surface area (Å²) in [5.74, 6) is 2.17. The molecule has 3 atom stereocenters. The molecule has 1 aromatic rings. The van der Waals surface area contributed by atoms with Crippen LogP contribution in [-0.4, -0.2) is 6.10 Å². The molecule has 0 heterocycles. The molecule has 3 heteroatoms. The average Bonchev–Trinajstić information content (AvgIpc) is 2.37. The molecule has 1 fully saturated rings. The lowest BCUT2D eigenvalue weighted by atomic mass is 9.75. The molecule has 0 aromatic heterocycles. The van der Waals surface area contributed by atoms with E-state index in [0.29, 0.717) is 24.5 Å². The second kappa shape index (κ2) is 6.95. The number of halogens is 1. The van der Waals surface area contributed by atoms with Gasteiger partial charge in [-0.3, -0.25) is 0 Å². The van der Waals surface area contributed by atoms with E-state index in [4.69, 9.17) is 10.5 Å². The Morgan fingerprint density at radius 3 is 2.75 bits per heavy atom. The van der Waals surface area contributed by atoms with E-state index in [1.165, 1.54) is 24.8 Å². The van der Waals surface area contributed by atoms with E-state index in [2.05, 4.69) is 42.8 Å². The normalized spacial score (nSPS) is 26.9. The second-order valence-corrected chi connectivity index (χ2v) is 7.38. The van der Waals surface area contributed by atoms with Crippen LogP contribution >= 0.6 is 15.9 Å². The third-order valence-corrected chi connectivity index (χ3v) is 5.23. The summed E-state index contributed by atoms with van der Waals surface area (Å²) in [5.41, 5.74) is 7.74. The summed E-state index contributed by atoms with van der Waals surface area (Å²) >= 11 is 3.57. The number of nitrogen functional groups attached to an aromatic ring is 1. The number of anilines is 1. The molecule has 0 bridgehead atoms. The van der Waals surface area contributed by atoms with E-state index in [-0.39, 0.29) is 0 Å². The van der Waals surface area contributed by atoms with Gasteiger partial charge in [0.1, 0.15) is 0 Å². The van der Waals surface area contributed by atoms with E-state index >= 15 is 0 Å². The highest BCUT2D eigenvalue weighted by Gasteiger charge is 2.31. The van der Waals surface area contributed by atoms with Crippen molar-refractivity contribution in [2.75, 3.05) is 5.73 Å². The summed E-state index contributed by atoms with van der Waals surface area (Å²) < 4.78 is 7.31. The highest BCUT2D eigenvalue weighted by atomic mass is 79.9. The second-order valence-electron chi connectivity index (χ2n) is 6.53. The monoisotopic (exact) mass is 339 g/mol. The van der Waals surface area contributed by atoms with Crippen molar-refractivity contribution in [1.82, 2.24) is 0 Å². The van der Waals surface area contributed by atoms with Gasteiger partial charge in [0.25, 0.3) is 0 Å². The molecular weight excluding hydrogens is 314 g/mol. The van der Waals surface area contributed by atoms with E-state index in [9.17, 15) is 0 Å². The van der Waals surface area contributed by atoms with Crippen LogP contribution in [0.3, 0.4) is 0 Å². The number of rotatable bonds is 4. The van der Waals surface area contributed by atoms with E-state index < -0.39 is 0 Å². The zero-order chi connectivity index (χ0) is 14.7. The van der Waals surface area contributed by atoms with Crippen molar-refractivity contribution < 1.29 is 4.74 Å². The predicted octanol–water partition coefficient (Wildman–Crippen LogP) is 5.01. The standard InChI is InChI=1S/C17H26BrNO/c1-11(2)15-7-4-12(3)8-17(15)20-10-13-5-6-14(19)9-16(13)18/h5-6,9,11-12,15,17H,4,7-8,10,19H2,1-3H3.